The number of hydrogen-bond donors (Lipinski definition) is 2. The number of nitrogens with zero attached hydrogens (tertiary/aromatic N) is 1. The van der Waals surface area contributed by atoms with Crippen LogP contribution in [0.25, 0.3) is 0 Å². The van der Waals surface area contributed by atoms with Crippen molar-refractivity contribution in [2.45, 2.75) is 104 Å². The van der Waals surface area contributed by atoms with Crippen molar-refractivity contribution in [2.24, 2.45) is 17.3 Å². The summed E-state index contributed by atoms with van der Waals surface area (Å²) < 4.78 is 11.6. The predicted molar refractivity (Wildman–Crippen MR) is 167 cm³/mol. The molecule has 242 valence electrons. The van der Waals surface area contributed by atoms with Crippen LogP contribution in [0.5, 0.6) is 0 Å². The first-order valence-electron chi connectivity index (χ1n) is 15.5. The van der Waals surface area contributed by atoms with E-state index in [1.54, 1.807) is 27.7 Å². The molecule has 1 saturated heterocycles. The molecule has 2 rings (SSSR count). The first kappa shape index (κ1) is 36.3. The number of nitrogens with one attached hydrogen (secondary N) is 2. The Morgan fingerprint density at radius 1 is 1.07 bits per heavy atom. The molecule has 3 amide bonds. The van der Waals surface area contributed by atoms with Gasteiger partial charge in [-0.3, -0.25) is 19.2 Å². The molecule has 1 aliphatic heterocycles. The molecule has 2 N–H and O–H groups in total. The maximum absolute atomic E-state index is 13.9. The molecule has 0 aliphatic carbocycles. The van der Waals surface area contributed by atoms with Gasteiger partial charge in [0.1, 0.15) is 18.2 Å². The van der Waals surface area contributed by atoms with Crippen LogP contribution in [-0.4, -0.2) is 72.4 Å². The van der Waals surface area contributed by atoms with E-state index in [0.29, 0.717) is 25.7 Å². The normalized spacial score (nSPS) is 24.8. The Labute approximate surface area is 262 Å². The van der Waals surface area contributed by atoms with Crippen LogP contribution in [0.4, 0.5) is 0 Å². The van der Waals surface area contributed by atoms with E-state index in [1.165, 1.54) is 11.9 Å². The highest BCUT2D eigenvalue weighted by molar-refractivity contribution is 5.92. The zero-order valence-corrected chi connectivity index (χ0v) is 27.2. The van der Waals surface area contributed by atoms with Gasteiger partial charge in [0.05, 0.1) is 11.8 Å². The number of rotatable bonds is 8. The second-order valence-electron chi connectivity index (χ2n) is 12.4. The molecule has 1 fully saturated rings. The Balaban J connectivity index is 2.55. The zero-order chi connectivity index (χ0) is 33.0. The Hall–Kier alpha value is -3.87. The number of unbranched alkanes of at least 4 members (excludes halogenated alkanes) is 1. The maximum atomic E-state index is 13.9. The smallest absolute Gasteiger partial charge is 0.329 e. The van der Waals surface area contributed by atoms with Crippen LogP contribution in [0.3, 0.4) is 0 Å². The summed E-state index contributed by atoms with van der Waals surface area (Å²) in [6.07, 6.45) is 5.27. The summed E-state index contributed by atoms with van der Waals surface area (Å²) in [7, 11) is 1.50. The van der Waals surface area contributed by atoms with Gasteiger partial charge in [0.2, 0.25) is 11.8 Å². The number of amides is 3. The summed E-state index contributed by atoms with van der Waals surface area (Å²) >= 11 is 0. The van der Waals surface area contributed by atoms with E-state index >= 15 is 0 Å². The second-order valence-corrected chi connectivity index (χ2v) is 12.4. The summed E-state index contributed by atoms with van der Waals surface area (Å²) in [5.41, 5.74) is -0.408. The molecule has 1 heterocycles. The van der Waals surface area contributed by atoms with E-state index in [1.807, 2.05) is 44.2 Å². The van der Waals surface area contributed by atoms with Gasteiger partial charge < -0.3 is 25.0 Å². The number of carbonyl (C=O) groups is 5. The molecule has 10 heteroatoms. The van der Waals surface area contributed by atoms with E-state index in [-0.39, 0.29) is 25.3 Å². The summed E-state index contributed by atoms with van der Waals surface area (Å²) in [6.45, 7) is 10.5. The van der Waals surface area contributed by atoms with Crippen molar-refractivity contribution in [2.75, 3.05) is 13.6 Å². The van der Waals surface area contributed by atoms with E-state index in [4.69, 9.17) is 15.9 Å². The largest absolute Gasteiger partial charge is 0.461 e. The molecule has 0 bridgehead atoms. The third-order valence-electron chi connectivity index (χ3n) is 8.31. The Bertz CT molecular complexity index is 1190. The van der Waals surface area contributed by atoms with Crippen LogP contribution < -0.4 is 10.6 Å². The topological polar surface area (TPSA) is 131 Å². The third kappa shape index (κ3) is 9.83. The quantitative estimate of drug-likeness (QED) is 0.262. The van der Waals surface area contributed by atoms with Gasteiger partial charge in [0.25, 0.3) is 5.91 Å². The molecule has 1 aromatic rings. The van der Waals surface area contributed by atoms with Gasteiger partial charge in [-0.15, -0.1) is 12.3 Å². The maximum Gasteiger partial charge on any atom is 0.329 e. The van der Waals surface area contributed by atoms with Gasteiger partial charge in [0.15, 0.2) is 6.10 Å². The Morgan fingerprint density at radius 3 is 2.32 bits per heavy atom. The van der Waals surface area contributed by atoms with Crippen molar-refractivity contribution >= 4 is 29.7 Å². The second kappa shape index (κ2) is 16.8. The van der Waals surface area contributed by atoms with Crippen LogP contribution in [0, 0.1) is 29.6 Å². The number of benzene rings is 1. The number of terminal acetylenes is 1. The van der Waals surface area contributed by atoms with Gasteiger partial charge in [-0.2, -0.15) is 0 Å². The third-order valence-corrected chi connectivity index (χ3v) is 8.31. The van der Waals surface area contributed by atoms with Crippen LogP contribution in [0.2, 0.25) is 0 Å². The molecular formula is C34H49N3O7. The van der Waals surface area contributed by atoms with Crippen molar-refractivity contribution in [1.82, 2.24) is 15.5 Å². The fraction of sp³-hybridized carbons (Fsp3) is 0.618. The summed E-state index contributed by atoms with van der Waals surface area (Å²) in [6, 6.07) is 7.23. The molecule has 0 saturated carbocycles. The molecule has 0 radical (unpaired) electrons. The highest BCUT2D eigenvalue weighted by Gasteiger charge is 2.43. The molecule has 1 aliphatic rings. The van der Waals surface area contributed by atoms with Crippen molar-refractivity contribution in [3.63, 3.8) is 0 Å². The SMILES string of the molecule is C#CCCCC1OC(=O)CCNC(=O)[C@@H](Cc2ccccc2)N(C)C(=O)[C@H](C(C)C)OC(=O)[C@H]([C@H](C)CC)NC(=O)C1(C)C. The minimum absolute atomic E-state index is 0.0344. The van der Waals surface area contributed by atoms with Gasteiger partial charge in [-0.1, -0.05) is 64.4 Å². The summed E-state index contributed by atoms with van der Waals surface area (Å²) in [4.78, 5) is 69.0. The fourth-order valence-corrected chi connectivity index (χ4v) is 4.99. The number of cyclic esters (lactones) is 2. The van der Waals surface area contributed by atoms with Crippen LogP contribution in [0.1, 0.15) is 79.2 Å². The molecule has 44 heavy (non-hydrogen) atoms. The van der Waals surface area contributed by atoms with Crippen LogP contribution in [-0.2, 0) is 39.9 Å². The predicted octanol–water partition coefficient (Wildman–Crippen LogP) is 3.42. The van der Waals surface area contributed by atoms with Crippen molar-refractivity contribution in [3.05, 3.63) is 35.9 Å². The van der Waals surface area contributed by atoms with E-state index < -0.39 is 65.3 Å². The Kier molecular flexibility index (Phi) is 13.9. The number of esters is 2. The zero-order valence-electron chi connectivity index (χ0n) is 27.2. The van der Waals surface area contributed by atoms with E-state index in [0.717, 1.165) is 5.56 Å². The van der Waals surface area contributed by atoms with Crippen molar-refractivity contribution in [1.29, 1.82) is 0 Å². The number of likely N-dealkylation sites (N-methyl/N-ethyl adjacent to an activating group) is 1. The van der Waals surface area contributed by atoms with Gasteiger partial charge in [0, 0.05) is 26.4 Å². The summed E-state index contributed by atoms with van der Waals surface area (Å²) in [5, 5.41) is 5.60. The lowest BCUT2D eigenvalue weighted by atomic mass is 9.82. The molecule has 0 aromatic heterocycles. The standard InChI is InChI=1S/C34H49N3O7/c1-9-11-13-18-26-34(6,7)33(42)36-28(23(5)10-2)32(41)44-29(22(3)4)31(40)37(8)25(21-24-16-14-12-15-17-24)30(39)35-20-19-27(38)43-26/h1,12,14-17,22-23,25-26,28-29H,10-11,13,18-21H2,2-8H3,(H,35,39)(H,36,42)/t23-,25-,26?,28+,29+/m1/s1. The lowest BCUT2D eigenvalue weighted by Gasteiger charge is -2.35. The van der Waals surface area contributed by atoms with Crippen LogP contribution >= 0.6 is 0 Å². The first-order chi connectivity index (χ1) is 20.7. The number of carbonyl (C=O) groups excluding carboxylic acids is 5. The highest BCUT2D eigenvalue weighted by Crippen LogP contribution is 2.29. The van der Waals surface area contributed by atoms with Gasteiger partial charge >= 0.3 is 11.9 Å². The summed E-state index contributed by atoms with van der Waals surface area (Å²) in [5.74, 6) is -1.04. The molecular weight excluding hydrogens is 562 g/mol. The van der Waals surface area contributed by atoms with Crippen molar-refractivity contribution in [3.8, 4) is 12.3 Å². The number of ether oxygens (including phenoxy) is 2. The molecule has 5 atom stereocenters. The average molecular weight is 612 g/mol. The minimum Gasteiger partial charge on any atom is -0.461 e. The molecule has 10 nitrogen and oxygen atoms in total. The van der Waals surface area contributed by atoms with Gasteiger partial charge in [-0.05, 0) is 44.1 Å². The number of hydrogen-bond acceptors (Lipinski definition) is 7. The van der Waals surface area contributed by atoms with Crippen LogP contribution in [0.15, 0.2) is 30.3 Å². The highest BCUT2D eigenvalue weighted by atomic mass is 16.6. The fourth-order valence-electron chi connectivity index (χ4n) is 4.99. The van der Waals surface area contributed by atoms with E-state index in [2.05, 4.69) is 16.6 Å². The van der Waals surface area contributed by atoms with Crippen molar-refractivity contribution < 1.29 is 33.4 Å². The molecule has 1 unspecified atom stereocenters. The monoisotopic (exact) mass is 611 g/mol. The molecule has 1 aromatic carbocycles. The molecule has 0 spiro atoms. The first-order valence-corrected chi connectivity index (χ1v) is 15.5. The van der Waals surface area contributed by atoms with E-state index in [9.17, 15) is 24.0 Å². The minimum atomic E-state index is -1.23. The Morgan fingerprint density at radius 2 is 1.73 bits per heavy atom. The van der Waals surface area contributed by atoms with Gasteiger partial charge in [-0.25, -0.2) is 4.79 Å². The lowest BCUT2D eigenvalue weighted by molar-refractivity contribution is -0.168. The average Bonchev–Trinajstić information content (AvgIpc) is 2.99. The lowest BCUT2D eigenvalue weighted by Crippen LogP contribution is -2.56.